The zero-order chi connectivity index (χ0) is 17.4. The van der Waals surface area contributed by atoms with E-state index in [2.05, 4.69) is 61.5 Å². The number of benzene rings is 4. The molecule has 0 atom stereocenters. The fourth-order valence-corrected chi connectivity index (χ4v) is 3.54. The van der Waals surface area contributed by atoms with Crippen LogP contribution >= 0.6 is 0 Å². The highest BCUT2D eigenvalue weighted by atomic mass is 16.5. The molecule has 4 aromatic rings. The van der Waals surface area contributed by atoms with Crippen molar-refractivity contribution < 1.29 is 9.47 Å². The van der Waals surface area contributed by atoms with Gasteiger partial charge in [-0.1, -0.05) is 60.2 Å². The number of aryl methyl sites for hydroxylation is 1. The second-order valence-corrected chi connectivity index (χ2v) is 6.23. The van der Waals surface area contributed by atoms with Gasteiger partial charge in [-0.15, -0.1) is 0 Å². The van der Waals surface area contributed by atoms with Gasteiger partial charge in [0.2, 0.25) is 0 Å². The average molecular weight is 328 g/mol. The lowest BCUT2D eigenvalue weighted by atomic mass is 9.91. The van der Waals surface area contributed by atoms with Crippen molar-refractivity contribution >= 4 is 21.5 Å². The quantitative estimate of drug-likeness (QED) is 0.460. The first-order valence-electron chi connectivity index (χ1n) is 8.36. The van der Waals surface area contributed by atoms with Gasteiger partial charge in [0.15, 0.2) is 0 Å². The van der Waals surface area contributed by atoms with E-state index in [1.807, 2.05) is 12.1 Å². The van der Waals surface area contributed by atoms with Crippen LogP contribution in [0, 0.1) is 6.92 Å². The van der Waals surface area contributed by atoms with Gasteiger partial charge < -0.3 is 9.47 Å². The molecule has 2 nitrogen and oxygen atoms in total. The van der Waals surface area contributed by atoms with Gasteiger partial charge in [-0.25, -0.2) is 0 Å². The standard InChI is InChI=1S/C23H20O2/c1-15-8-11-19-17(14-15)10-13-21(25-3)23(19)22-18-7-5-4-6-16(18)9-12-20(22)24-2/h4-14H,1-3H3. The minimum Gasteiger partial charge on any atom is -0.496 e. The Morgan fingerprint density at radius 1 is 0.600 bits per heavy atom. The van der Waals surface area contributed by atoms with E-state index in [-0.39, 0.29) is 0 Å². The molecule has 0 aromatic heterocycles. The Bertz CT molecular complexity index is 1080. The highest BCUT2D eigenvalue weighted by molar-refractivity contribution is 6.09. The molecule has 0 aliphatic heterocycles. The molecule has 0 aliphatic rings. The number of rotatable bonds is 3. The van der Waals surface area contributed by atoms with Crippen LogP contribution in [-0.4, -0.2) is 14.2 Å². The molecule has 25 heavy (non-hydrogen) atoms. The maximum absolute atomic E-state index is 5.73. The normalized spacial score (nSPS) is 11.0. The third-order valence-electron chi connectivity index (χ3n) is 4.72. The van der Waals surface area contributed by atoms with Crippen LogP contribution < -0.4 is 9.47 Å². The second kappa shape index (κ2) is 6.14. The molecule has 0 saturated carbocycles. The Hall–Kier alpha value is -3.00. The largest absolute Gasteiger partial charge is 0.496 e. The molecule has 0 N–H and O–H groups in total. The van der Waals surface area contributed by atoms with E-state index >= 15 is 0 Å². The van der Waals surface area contributed by atoms with E-state index in [9.17, 15) is 0 Å². The predicted octanol–water partition coefficient (Wildman–Crippen LogP) is 5.99. The molecular formula is C23H20O2. The van der Waals surface area contributed by atoms with E-state index < -0.39 is 0 Å². The summed E-state index contributed by atoms with van der Waals surface area (Å²) in [5.74, 6) is 1.70. The van der Waals surface area contributed by atoms with Crippen molar-refractivity contribution in [1.82, 2.24) is 0 Å². The van der Waals surface area contributed by atoms with Crippen LogP contribution in [0.4, 0.5) is 0 Å². The number of hydrogen-bond acceptors (Lipinski definition) is 2. The zero-order valence-electron chi connectivity index (χ0n) is 14.7. The van der Waals surface area contributed by atoms with Gasteiger partial charge in [0.25, 0.3) is 0 Å². The van der Waals surface area contributed by atoms with Crippen molar-refractivity contribution in [2.45, 2.75) is 6.92 Å². The number of ether oxygens (including phenoxy) is 2. The molecule has 0 spiro atoms. The SMILES string of the molecule is COc1ccc2ccccc2c1-c1c(OC)ccc2cc(C)ccc12. The Kier molecular flexibility index (Phi) is 3.81. The molecule has 0 fully saturated rings. The van der Waals surface area contributed by atoms with Crippen LogP contribution in [0.2, 0.25) is 0 Å². The van der Waals surface area contributed by atoms with Gasteiger partial charge in [0.05, 0.1) is 14.2 Å². The molecule has 0 bridgehead atoms. The number of fused-ring (bicyclic) bond motifs is 2. The molecule has 0 radical (unpaired) electrons. The lowest BCUT2D eigenvalue weighted by Crippen LogP contribution is -1.94. The molecule has 0 saturated heterocycles. The second-order valence-electron chi connectivity index (χ2n) is 6.23. The summed E-state index contributed by atoms with van der Waals surface area (Å²) < 4.78 is 11.5. The maximum atomic E-state index is 5.73. The number of hydrogen-bond donors (Lipinski definition) is 0. The Morgan fingerprint density at radius 3 is 1.88 bits per heavy atom. The van der Waals surface area contributed by atoms with Gasteiger partial charge in [-0.3, -0.25) is 0 Å². The minimum absolute atomic E-state index is 0.852. The van der Waals surface area contributed by atoms with Crippen LogP contribution in [0.25, 0.3) is 32.7 Å². The summed E-state index contributed by atoms with van der Waals surface area (Å²) in [6, 6.07) is 23.2. The summed E-state index contributed by atoms with van der Waals surface area (Å²) in [4.78, 5) is 0. The van der Waals surface area contributed by atoms with Crippen LogP contribution in [0.15, 0.2) is 66.7 Å². The topological polar surface area (TPSA) is 18.5 Å². The van der Waals surface area contributed by atoms with Crippen molar-refractivity contribution in [2.24, 2.45) is 0 Å². The summed E-state index contributed by atoms with van der Waals surface area (Å²) in [6.07, 6.45) is 0. The van der Waals surface area contributed by atoms with Gasteiger partial charge in [-0.2, -0.15) is 0 Å². The summed E-state index contributed by atoms with van der Waals surface area (Å²) in [7, 11) is 3.44. The molecule has 4 aromatic carbocycles. The lowest BCUT2D eigenvalue weighted by Gasteiger charge is -2.17. The first kappa shape index (κ1) is 15.5. The number of methoxy groups -OCH3 is 2. The molecule has 4 rings (SSSR count). The van der Waals surface area contributed by atoms with Crippen molar-refractivity contribution in [3.05, 3.63) is 72.3 Å². The fraction of sp³-hybridized carbons (Fsp3) is 0.130. The third-order valence-corrected chi connectivity index (χ3v) is 4.72. The fourth-order valence-electron chi connectivity index (χ4n) is 3.54. The first-order valence-corrected chi connectivity index (χ1v) is 8.36. The Balaban J connectivity index is 2.19. The van der Waals surface area contributed by atoms with Gasteiger partial charge >= 0.3 is 0 Å². The van der Waals surface area contributed by atoms with Crippen LogP contribution in [0.3, 0.4) is 0 Å². The Morgan fingerprint density at radius 2 is 1.20 bits per heavy atom. The molecule has 2 heteroatoms. The van der Waals surface area contributed by atoms with Gasteiger partial charge in [-0.05, 0) is 40.6 Å². The average Bonchev–Trinajstić information content (AvgIpc) is 2.66. The minimum atomic E-state index is 0.852. The van der Waals surface area contributed by atoms with Gasteiger partial charge in [0, 0.05) is 11.1 Å². The van der Waals surface area contributed by atoms with Crippen molar-refractivity contribution in [3.63, 3.8) is 0 Å². The van der Waals surface area contributed by atoms with Crippen molar-refractivity contribution in [3.8, 4) is 22.6 Å². The van der Waals surface area contributed by atoms with Crippen molar-refractivity contribution in [2.75, 3.05) is 14.2 Å². The third kappa shape index (κ3) is 2.51. The summed E-state index contributed by atoms with van der Waals surface area (Å²) in [6.45, 7) is 2.11. The van der Waals surface area contributed by atoms with Crippen molar-refractivity contribution in [1.29, 1.82) is 0 Å². The molecule has 0 amide bonds. The summed E-state index contributed by atoms with van der Waals surface area (Å²) >= 11 is 0. The van der Waals surface area contributed by atoms with E-state index in [0.717, 1.165) is 28.0 Å². The lowest BCUT2D eigenvalue weighted by molar-refractivity contribution is 0.411. The maximum Gasteiger partial charge on any atom is 0.127 e. The highest BCUT2D eigenvalue weighted by Crippen LogP contribution is 2.45. The first-order chi connectivity index (χ1) is 12.2. The molecule has 0 aliphatic carbocycles. The van der Waals surface area contributed by atoms with Crippen LogP contribution in [-0.2, 0) is 0 Å². The molecule has 0 unspecified atom stereocenters. The molecular weight excluding hydrogens is 308 g/mol. The van der Waals surface area contributed by atoms with E-state index in [0.29, 0.717) is 0 Å². The summed E-state index contributed by atoms with van der Waals surface area (Å²) in [5.41, 5.74) is 3.40. The zero-order valence-corrected chi connectivity index (χ0v) is 14.7. The highest BCUT2D eigenvalue weighted by Gasteiger charge is 2.18. The van der Waals surface area contributed by atoms with Crippen LogP contribution in [0.5, 0.6) is 11.5 Å². The molecule has 0 heterocycles. The molecule has 124 valence electrons. The predicted molar refractivity (Wildman–Crippen MR) is 105 cm³/mol. The van der Waals surface area contributed by atoms with E-state index in [1.165, 1.54) is 21.7 Å². The van der Waals surface area contributed by atoms with Crippen LogP contribution in [0.1, 0.15) is 5.56 Å². The smallest absolute Gasteiger partial charge is 0.127 e. The van der Waals surface area contributed by atoms with E-state index in [1.54, 1.807) is 14.2 Å². The Labute approximate surface area is 147 Å². The van der Waals surface area contributed by atoms with Gasteiger partial charge in [0.1, 0.15) is 11.5 Å². The summed E-state index contributed by atoms with van der Waals surface area (Å²) in [5, 5.41) is 4.71. The van der Waals surface area contributed by atoms with E-state index in [4.69, 9.17) is 9.47 Å². The monoisotopic (exact) mass is 328 g/mol.